The van der Waals surface area contributed by atoms with Gasteiger partial charge in [0.25, 0.3) is 0 Å². The second-order valence-corrected chi connectivity index (χ2v) is 7.54. The van der Waals surface area contributed by atoms with E-state index in [1.807, 2.05) is 13.0 Å². The minimum Gasteiger partial charge on any atom is -0.478 e. The maximum Gasteiger partial charge on any atom is 0.367 e. The molecule has 13 heteroatoms. The van der Waals surface area contributed by atoms with Crippen molar-refractivity contribution in [3.8, 4) is 5.88 Å². The second-order valence-electron chi connectivity index (χ2n) is 7.54. The summed E-state index contributed by atoms with van der Waals surface area (Å²) in [4.78, 5) is 48.1. The number of hydrogen-bond acceptors (Lipinski definition) is 10. The summed E-state index contributed by atoms with van der Waals surface area (Å²) in [5.74, 6) is -1.39. The molecule has 0 unspecified atom stereocenters. The third-order valence-electron chi connectivity index (χ3n) is 4.86. The summed E-state index contributed by atoms with van der Waals surface area (Å²) >= 11 is 0. The van der Waals surface area contributed by atoms with Crippen LogP contribution < -0.4 is 15.3 Å². The number of aromatic nitrogens is 5. The zero-order valence-corrected chi connectivity index (χ0v) is 19.7. The molecule has 0 atom stereocenters. The lowest BCUT2D eigenvalue weighted by atomic mass is 10.2. The predicted molar refractivity (Wildman–Crippen MR) is 126 cm³/mol. The Morgan fingerprint density at radius 1 is 1.03 bits per heavy atom. The Morgan fingerprint density at radius 3 is 2.26 bits per heavy atom. The molecule has 2 aromatic heterocycles. The van der Waals surface area contributed by atoms with Crippen LogP contribution in [0.3, 0.4) is 0 Å². The van der Waals surface area contributed by atoms with Crippen LogP contribution in [-0.2, 0) is 16.1 Å². The van der Waals surface area contributed by atoms with Crippen molar-refractivity contribution in [1.82, 2.24) is 29.6 Å². The zero-order valence-electron chi connectivity index (χ0n) is 19.7. The van der Waals surface area contributed by atoms with Gasteiger partial charge in [-0.1, -0.05) is 6.92 Å². The number of nitrogens with zero attached hydrogens (tertiary/aromatic N) is 7. The maximum atomic E-state index is 11.7. The topological polar surface area (TPSA) is 164 Å². The van der Waals surface area contributed by atoms with Gasteiger partial charge in [0.05, 0.1) is 6.61 Å². The van der Waals surface area contributed by atoms with E-state index in [4.69, 9.17) is 14.9 Å². The van der Waals surface area contributed by atoms with Crippen molar-refractivity contribution in [2.45, 2.75) is 32.7 Å². The molecule has 0 spiro atoms. The first-order valence-electron chi connectivity index (χ1n) is 11.3. The molecule has 0 aromatic carbocycles. The summed E-state index contributed by atoms with van der Waals surface area (Å²) in [5, 5.41) is 19.7. The van der Waals surface area contributed by atoms with Crippen molar-refractivity contribution in [3.05, 3.63) is 47.3 Å². The van der Waals surface area contributed by atoms with Crippen molar-refractivity contribution in [1.29, 1.82) is 0 Å². The highest BCUT2D eigenvalue weighted by atomic mass is 16.5. The Balaban J connectivity index is 0.000000466. The predicted octanol–water partition coefficient (Wildman–Crippen LogP) is 0.531. The number of aliphatic carboxylic acids is 2. The van der Waals surface area contributed by atoms with E-state index < -0.39 is 11.9 Å². The van der Waals surface area contributed by atoms with Crippen LogP contribution in [0.5, 0.6) is 5.88 Å². The third kappa shape index (κ3) is 10.7. The van der Waals surface area contributed by atoms with Gasteiger partial charge in [0.2, 0.25) is 11.8 Å². The number of ether oxygens (including phenoxy) is 1. The first kappa shape index (κ1) is 27.4. The number of unbranched alkanes of at least 4 members (excludes halogenated alkanes) is 1. The van der Waals surface area contributed by atoms with Crippen molar-refractivity contribution in [3.63, 3.8) is 0 Å². The minimum absolute atomic E-state index is 0.309. The number of carboxylic acids is 2. The molecule has 0 radical (unpaired) electrons. The molecule has 0 bridgehead atoms. The molecule has 35 heavy (non-hydrogen) atoms. The van der Waals surface area contributed by atoms with Crippen molar-refractivity contribution < 1.29 is 24.5 Å². The molecule has 0 aliphatic carbocycles. The quantitative estimate of drug-likeness (QED) is 0.333. The monoisotopic (exact) mass is 489 g/mol. The summed E-state index contributed by atoms with van der Waals surface area (Å²) in [6.07, 6.45) is 9.01. The van der Waals surface area contributed by atoms with Crippen LogP contribution in [-0.4, -0.2) is 91.1 Å². The van der Waals surface area contributed by atoms with E-state index >= 15 is 0 Å². The Kier molecular flexibility index (Phi) is 11.8. The van der Waals surface area contributed by atoms with Crippen LogP contribution in [0.25, 0.3) is 0 Å². The molecular formula is C22H31N7O6. The minimum atomic E-state index is -1.26. The van der Waals surface area contributed by atoms with Gasteiger partial charge >= 0.3 is 17.6 Å². The van der Waals surface area contributed by atoms with Crippen LogP contribution in [0.4, 0.5) is 5.95 Å². The molecule has 1 saturated heterocycles. The highest BCUT2D eigenvalue weighted by Gasteiger charge is 2.18. The number of piperazine rings is 1. The van der Waals surface area contributed by atoms with Gasteiger partial charge in [-0.2, -0.15) is 10.1 Å². The van der Waals surface area contributed by atoms with Crippen LogP contribution in [0.1, 0.15) is 26.2 Å². The molecule has 1 aliphatic heterocycles. The molecule has 190 valence electrons. The molecule has 1 fully saturated rings. The third-order valence-corrected chi connectivity index (χ3v) is 4.86. The van der Waals surface area contributed by atoms with Crippen molar-refractivity contribution in [2.24, 2.45) is 0 Å². The number of hydrogen-bond donors (Lipinski definition) is 2. The number of aryl methyl sites for hydroxylation is 1. The molecule has 3 rings (SSSR count). The fourth-order valence-corrected chi connectivity index (χ4v) is 3.17. The van der Waals surface area contributed by atoms with Gasteiger partial charge in [-0.25, -0.2) is 29.0 Å². The summed E-state index contributed by atoms with van der Waals surface area (Å²) in [6, 6.07) is 1.84. The number of anilines is 1. The standard InChI is InChI=1S/C18H27N7O2.C4H4O4/c1-2-8-25-18(26)22-16(15-21-25)27-14-4-3-9-23-10-12-24(13-11-23)17-19-6-5-7-20-17;5-3(6)1-2-4(7)8/h5-7,15H,2-4,8-14H2,1H3;1-2H,(H,5,6)(H,7,8)/b;2-1+. The van der Waals surface area contributed by atoms with Gasteiger partial charge in [-0.05, 0) is 31.9 Å². The molecular weight excluding hydrogens is 458 g/mol. The van der Waals surface area contributed by atoms with E-state index in [0.29, 0.717) is 31.2 Å². The van der Waals surface area contributed by atoms with Gasteiger partial charge in [-0.15, -0.1) is 0 Å². The van der Waals surface area contributed by atoms with Crippen molar-refractivity contribution in [2.75, 3.05) is 44.2 Å². The van der Waals surface area contributed by atoms with Crippen LogP contribution >= 0.6 is 0 Å². The van der Waals surface area contributed by atoms with Gasteiger partial charge in [0.1, 0.15) is 6.20 Å². The van der Waals surface area contributed by atoms with Gasteiger partial charge in [0, 0.05) is 57.3 Å². The summed E-state index contributed by atoms with van der Waals surface area (Å²) in [5.41, 5.74) is -0.352. The molecule has 0 amide bonds. The highest BCUT2D eigenvalue weighted by molar-refractivity contribution is 5.89. The summed E-state index contributed by atoms with van der Waals surface area (Å²) in [7, 11) is 0. The summed E-state index contributed by atoms with van der Waals surface area (Å²) in [6.45, 7) is 8.08. The first-order valence-corrected chi connectivity index (χ1v) is 11.3. The Hall–Kier alpha value is -3.87. The fourth-order valence-electron chi connectivity index (χ4n) is 3.17. The first-order chi connectivity index (χ1) is 16.9. The van der Waals surface area contributed by atoms with Gasteiger partial charge < -0.3 is 19.8 Å². The lowest BCUT2D eigenvalue weighted by Crippen LogP contribution is -2.47. The normalized spacial score (nSPS) is 13.8. The van der Waals surface area contributed by atoms with E-state index in [1.54, 1.807) is 12.4 Å². The summed E-state index contributed by atoms with van der Waals surface area (Å²) < 4.78 is 6.91. The SMILES string of the molecule is CCCn1ncc(OCCCCN2CCN(c3ncccn3)CC2)nc1=O.O=C(O)/C=C/C(=O)O. The smallest absolute Gasteiger partial charge is 0.367 e. The zero-order chi connectivity index (χ0) is 25.5. The Labute approximate surface area is 202 Å². The molecule has 2 N–H and O–H groups in total. The van der Waals surface area contributed by atoms with E-state index in [2.05, 4.69) is 29.9 Å². The number of carbonyl (C=O) groups is 2. The lowest BCUT2D eigenvalue weighted by molar-refractivity contribution is -0.134. The molecule has 2 aromatic rings. The van der Waals surface area contributed by atoms with E-state index in [-0.39, 0.29) is 5.69 Å². The largest absolute Gasteiger partial charge is 0.478 e. The molecule has 13 nitrogen and oxygen atoms in total. The second kappa shape index (κ2) is 15.1. The molecule has 0 saturated carbocycles. The maximum absolute atomic E-state index is 11.7. The average Bonchev–Trinajstić information content (AvgIpc) is 2.85. The highest BCUT2D eigenvalue weighted by Crippen LogP contribution is 2.10. The van der Waals surface area contributed by atoms with Crippen molar-refractivity contribution >= 4 is 17.9 Å². The number of rotatable bonds is 11. The van der Waals surface area contributed by atoms with E-state index in [9.17, 15) is 14.4 Å². The van der Waals surface area contributed by atoms with Gasteiger partial charge in [0.15, 0.2) is 0 Å². The van der Waals surface area contributed by atoms with E-state index in [0.717, 1.165) is 57.9 Å². The number of carboxylic acid groups (broad SMARTS) is 2. The Bertz CT molecular complexity index is 991. The fraction of sp³-hybridized carbons (Fsp3) is 0.500. The van der Waals surface area contributed by atoms with Crippen LogP contribution in [0.2, 0.25) is 0 Å². The van der Waals surface area contributed by atoms with Crippen LogP contribution in [0.15, 0.2) is 41.6 Å². The van der Waals surface area contributed by atoms with Crippen LogP contribution in [0, 0.1) is 0 Å². The lowest BCUT2D eigenvalue weighted by Gasteiger charge is -2.34. The average molecular weight is 490 g/mol. The van der Waals surface area contributed by atoms with Gasteiger partial charge in [-0.3, -0.25) is 4.90 Å². The Morgan fingerprint density at radius 2 is 1.69 bits per heavy atom. The van der Waals surface area contributed by atoms with E-state index in [1.165, 1.54) is 10.9 Å². The molecule has 1 aliphatic rings. The molecule has 3 heterocycles.